The first-order chi connectivity index (χ1) is 7.70. The highest BCUT2D eigenvalue weighted by Crippen LogP contribution is 2.32. The molecule has 0 amide bonds. The molecular weight excluding hydrogens is 222 g/mol. The molecule has 0 N–H and O–H groups in total. The second-order valence-electron chi connectivity index (χ2n) is 4.58. The summed E-state index contributed by atoms with van der Waals surface area (Å²) in [6.07, 6.45) is 3.88. The maximum Gasteiger partial charge on any atom is 0.218 e. The first-order valence-corrected chi connectivity index (χ1v) is 6.40. The molecule has 16 heavy (non-hydrogen) atoms. The summed E-state index contributed by atoms with van der Waals surface area (Å²) in [5.74, 6) is 2.09. The van der Waals surface area contributed by atoms with E-state index in [0.717, 1.165) is 36.1 Å². The maximum absolute atomic E-state index is 5.92. The van der Waals surface area contributed by atoms with Crippen LogP contribution in [-0.2, 0) is 5.88 Å². The summed E-state index contributed by atoms with van der Waals surface area (Å²) < 4.78 is 5.74. The van der Waals surface area contributed by atoms with E-state index < -0.39 is 0 Å². The Morgan fingerprint density at radius 2 is 2.19 bits per heavy atom. The number of rotatable bonds is 5. The van der Waals surface area contributed by atoms with Crippen LogP contribution in [0.15, 0.2) is 6.07 Å². The largest absolute Gasteiger partial charge is 0.477 e. The van der Waals surface area contributed by atoms with Crippen molar-refractivity contribution in [1.29, 1.82) is 0 Å². The third kappa shape index (κ3) is 2.88. The van der Waals surface area contributed by atoms with Gasteiger partial charge in [-0.3, -0.25) is 0 Å². The molecule has 1 aromatic rings. The predicted octanol–water partition coefficient (Wildman–Crippen LogP) is 3.62. The van der Waals surface area contributed by atoms with Crippen molar-refractivity contribution in [1.82, 2.24) is 4.98 Å². The normalized spacial score (nSPS) is 15.2. The van der Waals surface area contributed by atoms with E-state index in [4.69, 9.17) is 16.3 Å². The lowest BCUT2D eigenvalue weighted by molar-refractivity contribution is 0.288. The third-order valence-electron chi connectivity index (χ3n) is 3.03. The zero-order chi connectivity index (χ0) is 11.5. The average Bonchev–Trinajstić information content (AvgIpc) is 3.01. The van der Waals surface area contributed by atoms with E-state index >= 15 is 0 Å². The fourth-order valence-electron chi connectivity index (χ4n) is 1.84. The quantitative estimate of drug-likeness (QED) is 0.733. The molecule has 3 heteroatoms. The van der Waals surface area contributed by atoms with Crippen LogP contribution in [-0.4, -0.2) is 11.6 Å². The van der Waals surface area contributed by atoms with Gasteiger partial charge in [-0.1, -0.05) is 12.8 Å². The van der Waals surface area contributed by atoms with Gasteiger partial charge in [0.2, 0.25) is 5.88 Å². The second kappa shape index (κ2) is 5.05. The SMILES string of the molecule is Cc1cc(C)c(CCl)c(OCCC2CC2)n1. The van der Waals surface area contributed by atoms with Crippen molar-refractivity contribution in [3.63, 3.8) is 0 Å². The van der Waals surface area contributed by atoms with E-state index in [1.54, 1.807) is 0 Å². The molecule has 2 nitrogen and oxygen atoms in total. The molecular formula is C13H18ClNO. The van der Waals surface area contributed by atoms with Gasteiger partial charge in [-0.15, -0.1) is 11.6 Å². The lowest BCUT2D eigenvalue weighted by atomic mass is 10.1. The van der Waals surface area contributed by atoms with Gasteiger partial charge in [0.05, 0.1) is 12.5 Å². The summed E-state index contributed by atoms with van der Waals surface area (Å²) in [5, 5.41) is 0. The zero-order valence-electron chi connectivity index (χ0n) is 9.92. The zero-order valence-corrected chi connectivity index (χ0v) is 10.7. The summed E-state index contributed by atoms with van der Waals surface area (Å²) in [7, 11) is 0. The van der Waals surface area contributed by atoms with Crippen molar-refractivity contribution in [3.8, 4) is 5.88 Å². The molecule has 1 saturated carbocycles. The lowest BCUT2D eigenvalue weighted by Crippen LogP contribution is -2.04. The van der Waals surface area contributed by atoms with Crippen molar-refractivity contribution in [2.45, 2.75) is 39.0 Å². The fourth-order valence-corrected chi connectivity index (χ4v) is 2.16. The molecule has 0 aliphatic heterocycles. The highest BCUT2D eigenvalue weighted by Gasteiger charge is 2.21. The molecule has 1 heterocycles. The Labute approximate surface area is 102 Å². The van der Waals surface area contributed by atoms with Crippen LogP contribution in [0.4, 0.5) is 0 Å². The lowest BCUT2D eigenvalue weighted by Gasteiger charge is -2.11. The molecule has 1 fully saturated rings. The van der Waals surface area contributed by atoms with Gasteiger partial charge in [-0.2, -0.15) is 0 Å². The van der Waals surface area contributed by atoms with Gasteiger partial charge in [-0.05, 0) is 37.8 Å². The molecule has 0 saturated heterocycles. The molecule has 2 rings (SSSR count). The molecule has 1 aromatic heterocycles. The van der Waals surface area contributed by atoms with Crippen molar-refractivity contribution in [2.24, 2.45) is 5.92 Å². The number of nitrogens with zero attached hydrogens (tertiary/aromatic N) is 1. The number of pyridine rings is 1. The Hall–Kier alpha value is -0.760. The molecule has 88 valence electrons. The smallest absolute Gasteiger partial charge is 0.218 e. The van der Waals surface area contributed by atoms with Crippen LogP contribution >= 0.6 is 11.6 Å². The highest BCUT2D eigenvalue weighted by atomic mass is 35.5. The van der Waals surface area contributed by atoms with E-state index in [2.05, 4.69) is 11.9 Å². The molecule has 0 radical (unpaired) electrons. The summed E-state index contributed by atoms with van der Waals surface area (Å²) in [5.41, 5.74) is 3.19. The maximum atomic E-state index is 5.92. The molecule has 0 atom stereocenters. The van der Waals surface area contributed by atoms with E-state index in [9.17, 15) is 0 Å². The van der Waals surface area contributed by atoms with Gasteiger partial charge in [0.1, 0.15) is 0 Å². The van der Waals surface area contributed by atoms with E-state index in [0.29, 0.717) is 5.88 Å². The molecule has 1 aliphatic rings. The van der Waals surface area contributed by atoms with Gasteiger partial charge in [-0.25, -0.2) is 4.98 Å². The molecule has 0 unspecified atom stereocenters. The Morgan fingerprint density at radius 1 is 1.44 bits per heavy atom. The number of hydrogen-bond donors (Lipinski definition) is 0. The van der Waals surface area contributed by atoms with Crippen LogP contribution < -0.4 is 4.74 Å². The minimum atomic E-state index is 0.470. The van der Waals surface area contributed by atoms with E-state index in [1.807, 2.05) is 13.0 Å². The fraction of sp³-hybridized carbons (Fsp3) is 0.615. The summed E-state index contributed by atoms with van der Waals surface area (Å²) in [6, 6.07) is 2.05. The first kappa shape index (κ1) is 11.7. The summed E-state index contributed by atoms with van der Waals surface area (Å²) in [4.78, 5) is 4.42. The van der Waals surface area contributed by atoms with Crippen LogP contribution in [0.25, 0.3) is 0 Å². The molecule has 0 aromatic carbocycles. The summed E-state index contributed by atoms with van der Waals surface area (Å²) >= 11 is 5.92. The minimum Gasteiger partial charge on any atom is -0.477 e. The number of hydrogen-bond acceptors (Lipinski definition) is 2. The number of aryl methyl sites for hydroxylation is 2. The van der Waals surface area contributed by atoms with Crippen LogP contribution in [0.3, 0.4) is 0 Å². The number of halogens is 1. The van der Waals surface area contributed by atoms with Crippen LogP contribution in [0.5, 0.6) is 5.88 Å². The van der Waals surface area contributed by atoms with Crippen molar-refractivity contribution in [2.75, 3.05) is 6.61 Å². The van der Waals surface area contributed by atoms with E-state index in [-0.39, 0.29) is 0 Å². The summed E-state index contributed by atoms with van der Waals surface area (Å²) in [6.45, 7) is 4.81. The predicted molar refractivity (Wildman–Crippen MR) is 66.1 cm³/mol. The van der Waals surface area contributed by atoms with Crippen LogP contribution in [0, 0.1) is 19.8 Å². The monoisotopic (exact) mass is 239 g/mol. The van der Waals surface area contributed by atoms with E-state index in [1.165, 1.54) is 18.4 Å². The van der Waals surface area contributed by atoms with Crippen molar-refractivity contribution < 1.29 is 4.74 Å². The van der Waals surface area contributed by atoms with Crippen molar-refractivity contribution >= 4 is 11.6 Å². The Bertz CT molecular complexity index is 374. The van der Waals surface area contributed by atoms with Gasteiger partial charge >= 0.3 is 0 Å². The van der Waals surface area contributed by atoms with Gasteiger partial charge < -0.3 is 4.74 Å². The second-order valence-corrected chi connectivity index (χ2v) is 4.85. The van der Waals surface area contributed by atoms with Gasteiger partial charge in [0, 0.05) is 11.3 Å². The Kier molecular flexibility index (Phi) is 3.70. The highest BCUT2D eigenvalue weighted by molar-refractivity contribution is 6.17. The topological polar surface area (TPSA) is 22.1 Å². The Morgan fingerprint density at radius 3 is 2.81 bits per heavy atom. The number of alkyl halides is 1. The van der Waals surface area contributed by atoms with Gasteiger partial charge in [0.25, 0.3) is 0 Å². The molecule has 1 aliphatic carbocycles. The third-order valence-corrected chi connectivity index (χ3v) is 3.30. The first-order valence-electron chi connectivity index (χ1n) is 5.86. The van der Waals surface area contributed by atoms with Gasteiger partial charge in [0.15, 0.2) is 0 Å². The number of ether oxygens (including phenoxy) is 1. The van der Waals surface area contributed by atoms with Crippen LogP contribution in [0.1, 0.15) is 36.1 Å². The molecule has 0 bridgehead atoms. The Balaban J connectivity index is 2.04. The standard InChI is InChI=1S/C13H18ClNO/c1-9-7-10(2)15-13(12(9)8-14)16-6-5-11-3-4-11/h7,11H,3-6,8H2,1-2H3. The molecule has 0 spiro atoms. The van der Waals surface area contributed by atoms with Crippen molar-refractivity contribution in [3.05, 3.63) is 22.9 Å². The number of aromatic nitrogens is 1. The van der Waals surface area contributed by atoms with Crippen LogP contribution in [0.2, 0.25) is 0 Å². The minimum absolute atomic E-state index is 0.470. The average molecular weight is 240 g/mol.